The Kier molecular flexibility index (Phi) is 7.04. The van der Waals surface area contributed by atoms with Gasteiger partial charge < -0.3 is 14.6 Å². The highest BCUT2D eigenvalue weighted by Crippen LogP contribution is 2.38. The highest BCUT2D eigenvalue weighted by Gasteiger charge is 2.44. The van der Waals surface area contributed by atoms with Gasteiger partial charge in [-0.2, -0.15) is 0 Å². The predicted molar refractivity (Wildman–Crippen MR) is 104 cm³/mol. The number of hydrogen-bond donors (Lipinski definition) is 1. The van der Waals surface area contributed by atoms with Crippen LogP contribution in [0.2, 0.25) is 0 Å². The van der Waals surface area contributed by atoms with Crippen LogP contribution in [0, 0.1) is 5.92 Å². The first-order chi connectivity index (χ1) is 12.6. The van der Waals surface area contributed by atoms with Crippen molar-refractivity contribution in [3.05, 3.63) is 35.5 Å². The van der Waals surface area contributed by atoms with E-state index >= 15 is 0 Å². The molecule has 150 valence electrons. The summed E-state index contributed by atoms with van der Waals surface area (Å²) in [4.78, 5) is 24.3. The zero-order valence-corrected chi connectivity index (χ0v) is 16.9. The van der Waals surface area contributed by atoms with E-state index in [-0.39, 0.29) is 11.9 Å². The Balaban J connectivity index is 2.40. The molecule has 1 aliphatic heterocycles. The molecule has 27 heavy (non-hydrogen) atoms. The lowest BCUT2D eigenvalue weighted by Gasteiger charge is -2.35. The van der Waals surface area contributed by atoms with Crippen LogP contribution in [0.15, 0.2) is 35.5 Å². The number of aliphatic hydroxyl groups excluding tert-OH is 1. The minimum atomic E-state index is -0.902. The second-order valence-corrected chi connectivity index (χ2v) is 8.09. The Labute approximate surface area is 162 Å². The van der Waals surface area contributed by atoms with Gasteiger partial charge in [-0.25, -0.2) is 4.79 Å². The maximum absolute atomic E-state index is 12.6. The van der Waals surface area contributed by atoms with Gasteiger partial charge in [-0.05, 0) is 70.8 Å². The molecule has 0 aromatic carbocycles. The van der Waals surface area contributed by atoms with Crippen LogP contribution in [0.25, 0.3) is 0 Å². The lowest BCUT2D eigenvalue weighted by atomic mass is 9.83. The summed E-state index contributed by atoms with van der Waals surface area (Å²) in [6.07, 6.45) is 6.72. The summed E-state index contributed by atoms with van der Waals surface area (Å²) in [6.45, 7) is 11.1. The summed E-state index contributed by atoms with van der Waals surface area (Å²) in [7, 11) is 0. The molecule has 2 rings (SSSR count). The average Bonchev–Trinajstić information content (AvgIpc) is 2.69. The van der Waals surface area contributed by atoms with Gasteiger partial charge in [0.05, 0.1) is 6.10 Å². The van der Waals surface area contributed by atoms with Crippen molar-refractivity contribution in [3.63, 3.8) is 0 Å². The Morgan fingerprint density at radius 3 is 2.70 bits per heavy atom. The summed E-state index contributed by atoms with van der Waals surface area (Å²) < 4.78 is 11.4. The van der Waals surface area contributed by atoms with E-state index in [0.717, 1.165) is 18.4 Å². The first-order valence-electron chi connectivity index (χ1n) is 9.72. The third-order valence-electron chi connectivity index (χ3n) is 5.80. The zero-order chi connectivity index (χ0) is 20.2. The second-order valence-electron chi connectivity index (χ2n) is 8.09. The summed E-state index contributed by atoms with van der Waals surface area (Å²) in [5.74, 6) is -1.00. The number of carbonyl (C=O) groups is 2. The molecule has 0 spiro atoms. The molecule has 2 bridgehead atoms. The molecular formula is C22H32O5. The number of fused-ring (bicyclic) bond motifs is 3. The monoisotopic (exact) mass is 376 g/mol. The van der Waals surface area contributed by atoms with Crippen molar-refractivity contribution < 1.29 is 24.2 Å². The number of rotatable bonds is 1. The Morgan fingerprint density at radius 1 is 1.33 bits per heavy atom. The first-order valence-corrected chi connectivity index (χ1v) is 9.72. The van der Waals surface area contributed by atoms with Gasteiger partial charge in [-0.3, -0.25) is 4.79 Å². The molecule has 0 radical (unpaired) electrons. The molecule has 1 heterocycles. The number of allylic oxidation sites excluding steroid dienone is 3. The van der Waals surface area contributed by atoms with Crippen LogP contribution in [0.4, 0.5) is 0 Å². The van der Waals surface area contributed by atoms with E-state index in [0.29, 0.717) is 31.3 Å². The van der Waals surface area contributed by atoms with Gasteiger partial charge >= 0.3 is 11.9 Å². The summed E-state index contributed by atoms with van der Waals surface area (Å²) >= 11 is 0. The second kappa shape index (κ2) is 8.87. The third kappa shape index (κ3) is 5.55. The molecule has 0 aromatic heterocycles. The van der Waals surface area contributed by atoms with Crippen LogP contribution in [0.5, 0.6) is 0 Å². The molecule has 1 fully saturated rings. The number of carbonyl (C=O) groups excluding carboxylic acids is 2. The highest BCUT2D eigenvalue weighted by atomic mass is 16.6. The maximum atomic E-state index is 12.6. The van der Waals surface area contributed by atoms with Gasteiger partial charge in [0.1, 0.15) is 11.7 Å². The molecule has 0 aromatic rings. The topological polar surface area (TPSA) is 72.8 Å². The fourth-order valence-electron chi connectivity index (χ4n) is 3.80. The Hall–Kier alpha value is -1.88. The van der Waals surface area contributed by atoms with E-state index in [4.69, 9.17) is 9.47 Å². The van der Waals surface area contributed by atoms with E-state index in [2.05, 4.69) is 12.7 Å². The van der Waals surface area contributed by atoms with Crippen molar-refractivity contribution in [3.8, 4) is 0 Å². The highest BCUT2D eigenvalue weighted by molar-refractivity contribution is 5.89. The molecule has 5 nitrogen and oxygen atoms in total. The van der Waals surface area contributed by atoms with Crippen LogP contribution in [-0.4, -0.2) is 34.9 Å². The molecule has 1 aliphatic carbocycles. The molecular weight excluding hydrogens is 344 g/mol. The first kappa shape index (κ1) is 21.4. The van der Waals surface area contributed by atoms with E-state index in [1.165, 1.54) is 12.5 Å². The molecule has 2 aliphatic rings. The molecule has 1 N–H and O–H groups in total. The van der Waals surface area contributed by atoms with Crippen LogP contribution < -0.4 is 0 Å². The number of esters is 2. The Morgan fingerprint density at radius 2 is 2.04 bits per heavy atom. The average molecular weight is 376 g/mol. The lowest BCUT2D eigenvalue weighted by Crippen LogP contribution is -2.45. The zero-order valence-electron chi connectivity index (χ0n) is 16.9. The van der Waals surface area contributed by atoms with Crippen molar-refractivity contribution in [2.45, 2.75) is 84.0 Å². The predicted octanol–water partition coefficient (Wildman–Crippen LogP) is 4.01. The van der Waals surface area contributed by atoms with Gasteiger partial charge in [-0.1, -0.05) is 24.3 Å². The van der Waals surface area contributed by atoms with E-state index in [9.17, 15) is 14.7 Å². The van der Waals surface area contributed by atoms with E-state index in [1.807, 2.05) is 26.8 Å². The van der Waals surface area contributed by atoms with Crippen molar-refractivity contribution in [1.82, 2.24) is 0 Å². The van der Waals surface area contributed by atoms with Crippen molar-refractivity contribution in [1.29, 1.82) is 0 Å². The van der Waals surface area contributed by atoms with E-state index < -0.39 is 23.8 Å². The smallest absolute Gasteiger partial charge is 0.334 e. The fraction of sp³-hybridized carbons (Fsp3) is 0.636. The lowest BCUT2D eigenvalue weighted by molar-refractivity contribution is -0.180. The number of ether oxygens (including phenoxy) is 2. The van der Waals surface area contributed by atoms with Gasteiger partial charge in [-0.15, -0.1) is 0 Å². The van der Waals surface area contributed by atoms with Crippen molar-refractivity contribution in [2.75, 3.05) is 0 Å². The molecule has 1 saturated heterocycles. The van der Waals surface area contributed by atoms with Crippen LogP contribution in [0.1, 0.15) is 66.2 Å². The summed E-state index contributed by atoms with van der Waals surface area (Å²) in [5, 5.41) is 10.6. The molecule has 4 atom stereocenters. The van der Waals surface area contributed by atoms with Crippen LogP contribution in [0.3, 0.4) is 0 Å². The van der Waals surface area contributed by atoms with Gasteiger partial charge in [0.25, 0.3) is 0 Å². The summed E-state index contributed by atoms with van der Waals surface area (Å²) in [5.41, 5.74) is 1.56. The molecule has 5 heteroatoms. The standard InChI is InChI=1S/C22H32O5/c1-14-7-6-8-15(2)19(24)13-18-11-12-22(5,27-21(25)16(18)3)20(10-9-14)26-17(4)23/h7-8,18-20,24H,3,6,9-13H2,1-2,4-5H3/b14-7+,15-8+/t18-,19-,20+,22-/m0/s1. The van der Waals surface area contributed by atoms with Crippen molar-refractivity contribution in [2.24, 2.45) is 5.92 Å². The van der Waals surface area contributed by atoms with E-state index in [1.54, 1.807) is 0 Å². The fourth-order valence-corrected chi connectivity index (χ4v) is 3.80. The summed E-state index contributed by atoms with van der Waals surface area (Å²) in [6, 6.07) is 0. The van der Waals surface area contributed by atoms with Gasteiger partial charge in [0.15, 0.2) is 0 Å². The molecule has 0 amide bonds. The molecule has 0 saturated carbocycles. The minimum absolute atomic E-state index is 0.157. The third-order valence-corrected chi connectivity index (χ3v) is 5.80. The van der Waals surface area contributed by atoms with Crippen LogP contribution in [-0.2, 0) is 19.1 Å². The SMILES string of the molecule is C=C1C(=O)O[C@@]2(C)CC[C@H]1C[C@H](O)/C(C)=C/C/C=C(\C)CC[C@H]2OC(C)=O. The Bertz CT molecular complexity index is 660. The van der Waals surface area contributed by atoms with Crippen molar-refractivity contribution >= 4 is 11.9 Å². The quantitative estimate of drug-likeness (QED) is 0.425. The van der Waals surface area contributed by atoms with Crippen LogP contribution >= 0.6 is 0 Å². The van der Waals surface area contributed by atoms with Gasteiger partial charge in [0.2, 0.25) is 0 Å². The number of aliphatic hydroxyl groups is 1. The minimum Gasteiger partial charge on any atom is -0.458 e. The maximum Gasteiger partial charge on any atom is 0.334 e. The van der Waals surface area contributed by atoms with Gasteiger partial charge in [0, 0.05) is 12.5 Å². The normalized spacial score (nSPS) is 37.1. The number of hydrogen-bond acceptors (Lipinski definition) is 5. The molecule has 0 unspecified atom stereocenters. The largest absolute Gasteiger partial charge is 0.458 e.